The zero-order valence-corrected chi connectivity index (χ0v) is 10.5. The number of nitrogens with two attached hydrogens (primary N) is 1. The van der Waals surface area contributed by atoms with E-state index in [1.807, 2.05) is 4.68 Å². The summed E-state index contributed by atoms with van der Waals surface area (Å²) in [4.78, 5) is 0. The highest BCUT2D eigenvalue weighted by Crippen LogP contribution is 2.24. The van der Waals surface area contributed by atoms with Crippen molar-refractivity contribution in [3.63, 3.8) is 0 Å². The Hall–Kier alpha value is -1.68. The van der Waals surface area contributed by atoms with Gasteiger partial charge in [0.1, 0.15) is 5.69 Å². The first-order chi connectivity index (χ1) is 8.13. The zero-order valence-electron chi connectivity index (χ0n) is 10.5. The number of rotatable bonds is 3. The first-order valence-corrected chi connectivity index (χ1v) is 5.84. The summed E-state index contributed by atoms with van der Waals surface area (Å²) in [6.07, 6.45) is 0. The SMILES string of the molecule is Cc1ccc(-c2c(CN)nnn2C(C)C)cc1. The predicted molar refractivity (Wildman–Crippen MR) is 68.5 cm³/mol. The molecular formula is C13H18N4. The van der Waals surface area contributed by atoms with E-state index < -0.39 is 0 Å². The molecule has 0 bridgehead atoms. The van der Waals surface area contributed by atoms with Gasteiger partial charge in [0, 0.05) is 18.2 Å². The van der Waals surface area contributed by atoms with Crippen LogP contribution in [0.5, 0.6) is 0 Å². The van der Waals surface area contributed by atoms with E-state index in [-0.39, 0.29) is 6.04 Å². The summed E-state index contributed by atoms with van der Waals surface area (Å²) in [7, 11) is 0. The van der Waals surface area contributed by atoms with Crippen molar-refractivity contribution in [2.24, 2.45) is 5.73 Å². The van der Waals surface area contributed by atoms with Crippen LogP contribution in [-0.2, 0) is 6.54 Å². The molecule has 2 aromatic rings. The molecule has 0 aliphatic carbocycles. The van der Waals surface area contributed by atoms with Gasteiger partial charge in [-0.3, -0.25) is 0 Å². The topological polar surface area (TPSA) is 56.7 Å². The molecule has 0 spiro atoms. The van der Waals surface area contributed by atoms with Gasteiger partial charge in [-0.1, -0.05) is 35.0 Å². The van der Waals surface area contributed by atoms with E-state index in [4.69, 9.17) is 5.73 Å². The smallest absolute Gasteiger partial charge is 0.104 e. The highest BCUT2D eigenvalue weighted by molar-refractivity contribution is 5.62. The van der Waals surface area contributed by atoms with Gasteiger partial charge in [0.15, 0.2) is 0 Å². The maximum Gasteiger partial charge on any atom is 0.104 e. The number of aromatic nitrogens is 3. The van der Waals surface area contributed by atoms with Gasteiger partial charge in [-0.2, -0.15) is 0 Å². The molecule has 0 saturated carbocycles. The molecule has 0 atom stereocenters. The van der Waals surface area contributed by atoms with Gasteiger partial charge >= 0.3 is 0 Å². The van der Waals surface area contributed by atoms with E-state index in [1.54, 1.807) is 0 Å². The third-order valence-corrected chi connectivity index (χ3v) is 2.77. The fourth-order valence-electron chi connectivity index (χ4n) is 1.84. The number of hydrogen-bond donors (Lipinski definition) is 1. The van der Waals surface area contributed by atoms with E-state index in [9.17, 15) is 0 Å². The van der Waals surface area contributed by atoms with Crippen molar-refractivity contribution in [3.8, 4) is 11.3 Å². The molecule has 0 saturated heterocycles. The number of aryl methyl sites for hydroxylation is 1. The molecule has 17 heavy (non-hydrogen) atoms. The van der Waals surface area contributed by atoms with Crippen molar-refractivity contribution in [3.05, 3.63) is 35.5 Å². The Morgan fingerprint density at radius 1 is 1.24 bits per heavy atom. The molecule has 1 aromatic carbocycles. The van der Waals surface area contributed by atoms with Crippen LogP contribution in [0.25, 0.3) is 11.3 Å². The second-order valence-electron chi connectivity index (χ2n) is 4.49. The largest absolute Gasteiger partial charge is 0.325 e. The summed E-state index contributed by atoms with van der Waals surface area (Å²) in [6, 6.07) is 8.64. The minimum atomic E-state index is 0.277. The molecule has 2 rings (SSSR count). The average Bonchev–Trinajstić information content (AvgIpc) is 2.73. The van der Waals surface area contributed by atoms with Gasteiger partial charge in [0.2, 0.25) is 0 Å². The quantitative estimate of drug-likeness (QED) is 0.880. The molecule has 0 radical (unpaired) electrons. The first kappa shape index (κ1) is 11.8. The molecule has 0 aliphatic rings. The van der Waals surface area contributed by atoms with Crippen molar-refractivity contribution in [1.29, 1.82) is 0 Å². The molecule has 0 unspecified atom stereocenters. The number of benzene rings is 1. The van der Waals surface area contributed by atoms with E-state index >= 15 is 0 Å². The van der Waals surface area contributed by atoms with Crippen molar-refractivity contribution in [2.45, 2.75) is 33.4 Å². The molecule has 2 N–H and O–H groups in total. The van der Waals surface area contributed by atoms with Gasteiger partial charge in [0.05, 0.1) is 5.69 Å². The van der Waals surface area contributed by atoms with Gasteiger partial charge in [-0.25, -0.2) is 4.68 Å². The molecule has 0 amide bonds. The van der Waals surface area contributed by atoms with Crippen molar-refractivity contribution >= 4 is 0 Å². The Morgan fingerprint density at radius 3 is 2.41 bits per heavy atom. The van der Waals surface area contributed by atoms with Gasteiger partial charge in [0.25, 0.3) is 0 Å². The summed E-state index contributed by atoms with van der Waals surface area (Å²) >= 11 is 0. The van der Waals surface area contributed by atoms with E-state index in [0.29, 0.717) is 6.54 Å². The third-order valence-electron chi connectivity index (χ3n) is 2.77. The fourth-order valence-corrected chi connectivity index (χ4v) is 1.84. The molecule has 1 aromatic heterocycles. The van der Waals surface area contributed by atoms with Gasteiger partial charge in [-0.15, -0.1) is 5.10 Å². The van der Waals surface area contributed by atoms with Crippen LogP contribution >= 0.6 is 0 Å². The molecular weight excluding hydrogens is 212 g/mol. The van der Waals surface area contributed by atoms with Crippen LogP contribution in [0.15, 0.2) is 24.3 Å². The maximum atomic E-state index is 5.72. The Balaban J connectivity index is 2.55. The second kappa shape index (κ2) is 4.67. The fraction of sp³-hybridized carbons (Fsp3) is 0.385. The Bertz CT molecular complexity index is 497. The van der Waals surface area contributed by atoms with Crippen LogP contribution in [-0.4, -0.2) is 15.0 Å². The monoisotopic (exact) mass is 230 g/mol. The molecule has 4 nitrogen and oxygen atoms in total. The van der Waals surface area contributed by atoms with E-state index in [2.05, 4.69) is 55.3 Å². The van der Waals surface area contributed by atoms with Crippen molar-refractivity contribution in [2.75, 3.05) is 0 Å². The lowest BCUT2D eigenvalue weighted by atomic mass is 10.1. The Morgan fingerprint density at radius 2 is 1.88 bits per heavy atom. The molecule has 0 fully saturated rings. The van der Waals surface area contributed by atoms with E-state index in [1.165, 1.54) is 5.56 Å². The average molecular weight is 230 g/mol. The lowest BCUT2D eigenvalue weighted by molar-refractivity contribution is 0.519. The minimum Gasteiger partial charge on any atom is -0.325 e. The zero-order chi connectivity index (χ0) is 12.4. The summed E-state index contributed by atoms with van der Waals surface area (Å²) in [6.45, 7) is 6.67. The van der Waals surface area contributed by atoms with Crippen LogP contribution in [0.3, 0.4) is 0 Å². The molecule has 4 heteroatoms. The molecule has 1 heterocycles. The summed E-state index contributed by atoms with van der Waals surface area (Å²) in [5.74, 6) is 0. The number of hydrogen-bond acceptors (Lipinski definition) is 3. The second-order valence-corrected chi connectivity index (χ2v) is 4.49. The molecule has 90 valence electrons. The summed E-state index contributed by atoms with van der Waals surface area (Å²) in [5, 5.41) is 8.31. The molecule has 0 aliphatic heterocycles. The first-order valence-electron chi connectivity index (χ1n) is 5.84. The predicted octanol–water partition coefficient (Wildman–Crippen LogP) is 2.29. The highest BCUT2D eigenvalue weighted by atomic mass is 15.4. The van der Waals surface area contributed by atoms with Crippen LogP contribution in [0.1, 0.15) is 31.1 Å². The number of nitrogens with zero attached hydrogens (tertiary/aromatic N) is 3. The van der Waals surface area contributed by atoms with Crippen LogP contribution < -0.4 is 5.73 Å². The van der Waals surface area contributed by atoms with Gasteiger partial charge in [-0.05, 0) is 20.8 Å². The standard InChI is InChI=1S/C13H18N4/c1-9(2)17-13(12(8-14)15-16-17)11-6-4-10(3)5-7-11/h4-7,9H,8,14H2,1-3H3. The van der Waals surface area contributed by atoms with Crippen molar-refractivity contribution in [1.82, 2.24) is 15.0 Å². The maximum absolute atomic E-state index is 5.72. The normalized spacial score (nSPS) is 11.1. The minimum absolute atomic E-state index is 0.277. The van der Waals surface area contributed by atoms with Gasteiger partial charge < -0.3 is 5.73 Å². The van der Waals surface area contributed by atoms with Crippen LogP contribution in [0.4, 0.5) is 0 Å². The van der Waals surface area contributed by atoms with E-state index in [0.717, 1.165) is 17.0 Å². The Kier molecular flexibility index (Phi) is 3.24. The lowest BCUT2D eigenvalue weighted by Crippen LogP contribution is -2.06. The Labute approximate surface area is 101 Å². The highest BCUT2D eigenvalue weighted by Gasteiger charge is 2.15. The summed E-state index contributed by atoms with van der Waals surface area (Å²) < 4.78 is 1.92. The summed E-state index contributed by atoms with van der Waals surface area (Å²) in [5.41, 5.74) is 9.96. The third kappa shape index (κ3) is 2.22. The van der Waals surface area contributed by atoms with Crippen molar-refractivity contribution < 1.29 is 0 Å². The lowest BCUT2D eigenvalue weighted by Gasteiger charge is -2.11. The van der Waals surface area contributed by atoms with Crippen LogP contribution in [0, 0.1) is 6.92 Å². The van der Waals surface area contributed by atoms with Crippen LogP contribution in [0.2, 0.25) is 0 Å².